The molecule has 3 heterocycles. The molecule has 0 bridgehead atoms. The standard InChI is InChI=1S/C15H21N5O2S/c1-9-17-18-12-8-19(11(13(21)22)7-20(9)12)6-10-5-16-14(23-10)15(2,3)4/h5,11H,6-8H2,1-4H3,(H,21,22). The number of thiazole rings is 1. The largest absolute Gasteiger partial charge is 0.480 e. The Morgan fingerprint density at radius 2 is 2.17 bits per heavy atom. The lowest BCUT2D eigenvalue weighted by Gasteiger charge is -2.32. The van der Waals surface area contributed by atoms with E-state index in [1.54, 1.807) is 11.3 Å². The van der Waals surface area contributed by atoms with Gasteiger partial charge in [0.05, 0.1) is 18.1 Å². The molecule has 0 saturated heterocycles. The Labute approximate surface area is 139 Å². The number of aliphatic carboxylic acids is 1. The van der Waals surface area contributed by atoms with Crippen LogP contribution in [0.1, 0.15) is 42.3 Å². The first-order valence-electron chi connectivity index (χ1n) is 7.56. The zero-order valence-corrected chi connectivity index (χ0v) is 14.6. The van der Waals surface area contributed by atoms with Crippen LogP contribution in [-0.2, 0) is 29.8 Å². The van der Waals surface area contributed by atoms with Gasteiger partial charge in [0.1, 0.15) is 17.7 Å². The molecule has 2 aromatic rings. The fraction of sp³-hybridized carbons (Fsp3) is 0.600. The SMILES string of the molecule is Cc1nnc2n1CC(C(=O)O)N(Cc1cnc(C(C)(C)C)s1)C2. The average Bonchev–Trinajstić information content (AvgIpc) is 3.05. The van der Waals surface area contributed by atoms with E-state index >= 15 is 0 Å². The summed E-state index contributed by atoms with van der Waals surface area (Å²) in [4.78, 5) is 19.1. The minimum absolute atomic E-state index is 0.00824. The number of carboxylic acid groups (broad SMARTS) is 1. The zero-order valence-electron chi connectivity index (χ0n) is 13.8. The third-order valence-corrected chi connectivity index (χ3v) is 5.40. The number of carboxylic acids is 1. The van der Waals surface area contributed by atoms with Gasteiger partial charge in [-0.3, -0.25) is 9.69 Å². The minimum Gasteiger partial charge on any atom is -0.480 e. The molecule has 0 aliphatic carbocycles. The first-order valence-corrected chi connectivity index (χ1v) is 8.38. The smallest absolute Gasteiger partial charge is 0.322 e. The van der Waals surface area contributed by atoms with Gasteiger partial charge < -0.3 is 9.67 Å². The van der Waals surface area contributed by atoms with Crippen LogP contribution >= 0.6 is 11.3 Å². The fourth-order valence-corrected chi connectivity index (χ4v) is 3.68. The van der Waals surface area contributed by atoms with Crippen molar-refractivity contribution < 1.29 is 9.90 Å². The van der Waals surface area contributed by atoms with Crippen LogP contribution in [-0.4, -0.2) is 41.8 Å². The molecular formula is C15H21N5O2S. The van der Waals surface area contributed by atoms with Crippen molar-refractivity contribution in [1.82, 2.24) is 24.6 Å². The van der Waals surface area contributed by atoms with Crippen LogP contribution in [0.3, 0.4) is 0 Å². The molecule has 1 N–H and O–H groups in total. The molecule has 0 radical (unpaired) electrons. The van der Waals surface area contributed by atoms with Crippen LogP contribution in [0, 0.1) is 6.92 Å². The molecule has 0 amide bonds. The Kier molecular flexibility index (Phi) is 3.97. The Hall–Kier alpha value is -1.80. The van der Waals surface area contributed by atoms with E-state index < -0.39 is 12.0 Å². The topological polar surface area (TPSA) is 84.1 Å². The molecule has 1 unspecified atom stereocenters. The molecule has 8 heteroatoms. The molecule has 1 aliphatic rings. The van der Waals surface area contributed by atoms with E-state index in [2.05, 4.69) is 36.0 Å². The highest BCUT2D eigenvalue weighted by atomic mass is 32.1. The molecule has 0 aromatic carbocycles. The van der Waals surface area contributed by atoms with Gasteiger partial charge in [-0.25, -0.2) is 4.98 Å². The summed E-state index contributed by atoms with van der Waals surface area (Å²) in [5.41, 5.74) is 0.00824. The lowest BCUT2D eigenvalue weighted by molar-refractivity contribution is -0.145. The molecular weight excluding hydrogens is 314 g/mol. The second kappa shape index (κ2) is 5.68. The van der Waals surface area contributed by atoms with Crippen LogP contribution in [0.5, 0.6) is 0 Å². The number of hydrogen-bond donors (Lipinski definition) is 1. The van der Waals surface area contributed by atoms with Gasteiger partial charge in [0.15, 0.2) is 0 Å². The average molecular weight is 335 g/mol. The Balaban J connectivity index is 1.83. The second-order valence-electron chi connectivity index (χ2n) is 6.91. The highest BCUT2D eigenvalue weighted by Crippen LogP contribution is 2.29. The van der Waals surface area contributed by atoms with Gasteiger partial charge in [0, 0.05) is 23.0 Å². The third-order valence-electron chi connectivity index (χ3n) is 3.99. The summed E-state index contributed by atoms with van der Waals surface area (Å²) in [5, 5.41) is 18.8. The quantitative estimate of drug-likeness (QED) is 0.921. The van der Waals surface area contributed by atoms with E-state index in [0.717, 1.165) is 21.5 Å². The van der Waals surface area contributed by atoms with Crippen molar-refractivity contribution >= 4 is 17.3 Å². The number of hydrogen-bond acceptors (Lipinski definition) is 6. The molecule has 1 atom stereocenters. The molecule has 0 saturated carbocycles. The number of fused-ring (bicyclic) bond motifs is 1. The predicted molar refractivity (Wildman–Crippen MR) is 86.2 cm³/mol. The summed E-state index contributed by atoms with van der Waals surface area (Å²) >= 11 is 1.65. The maximum absolute atomic E-state index is 11.7. The summed E-state index contributed by atoms with van der Waals surface area (Å²) in [6.45, 7) is 9.67. The number of aromatic nitrogens is 4. The van der Waals surface area contributed by atoms with Crippen molar-refractivity contribution in [3.05, 3.63) is 27.7 Å². The maximum atomic E-state index is 11.7. The van der Waals surface area contributed by atoms with E-state index in [1.807, 2.05) is 22.6 Å². The first-order chi connectivity index (χ1) is 10.8. The molecule has 7 nitrogen and oxygen atoms in total. The van der Waals surface area contributed by atoms with Crippen LogP contribution in [0.2, 0.25) is 0 Å². The normalized spacial score (nSPS) is 18.9. The Morgan fingerprint density at radius 3 is 2.78 bits per heavy atom. The summed E-state index contributed by atoms with van der Waals surface area (Å²) in [6, 6.07) is -0.572. The highest BCUT2D eigenvalue weighted by Gasteiger charge is 2.33. The van der Waals surface area contributed by atoms with Gasteiger partial charge in [-0.1, -0.05) is 20.8 Å². The zero-order chi connectivity index (χ0) is 16.8. The van der Waals surface area contributed by atoms with Crippen molar-refractivity contribution in [3.8, 4) is 0 Å². The van der Waals surface area contributed by atoms with Gasteiger partial charge in [0.2, 0.25) is 0 Å². The van der Waals surface area contributed by atoms with Crippen molar-refractivity contribution in [2.45, 2.75) is 58.8 Å². The van der Waals surface area contributed by atoms with Gasteiger partial charge >= 0.3 is 5.97 Å². The maximum Gasteiger partial charge on any atom is 0.322 e. The van der Waals surface area contributed by atoms with Gasteiger partial charge in [-0.15, -0.1) is 21.5 Å². The second-order valence-corrected chi connectivity index (χ2v) is 8.03. The predicted octanol–water partition coefficient (Wildman–Crippen LogP) is 1.81. The molecule has 3 rings (SSSR count). The van der Waals surface area contributed by atoms with Crippen LogP contribution in [0.25, 0.3) is 0 Å². The molecule has 2 aromatic heterocycles. The Bertz CT molecular complexity index is 731. The minimum atomic E-state index is -0.815. The number of nitrogens with zero attached hydrogens (tertiary/aromatic N) is 5. The lowest BCUT2D eigenvalue weighted by atomic mass is 9.98. The van der Waals surface area contributed by atoms with E-state index in [4.69, 9.17) is 0 Å². The molecule has 0 fully saturated rings. The van der Waals surface area contributed by atoms with Crippen molar-refractivity contribution in [2.75, 3.05) is 0 Å². The molecule has 1 aliphatic heterocycles. The monoisotopic (exact) mass is 335 g/mol. The first kappa shape index (κ1) is 16.1. The molecule has 23 heavy (non-hydrogen) atoms. The summed E-state index contributed by atoms with van der Waals surface area (Å²) in [5.74, 6) is 0.767. The van der Waals surface area contributed by atoms with E-state index in [-0.39, 0.29) is 5.41 Å². The lowest BCUT2D eigenvalue weighted by Crippen LogP contribution is -2.47. The number of carbonyl (C=O) groups is 1. The highest BCUT2D eigenvalue weighted by molar-refractivity contribution is 7.11. The summed E-state index contributed by atoms with van der Waals surface area (Å²) in [7, 11) is 0. The summed E-state index contributed by atoms with van der Waals surface area (Å²) < 4.78 is 1.89. The van der Waals surface area contributed by atoms with Crippen LogP contribution in [0.15, 0.2) is 6.20 Å². The van der Waals surface area contributed by atoms with E-state index in [9.17, 15) is 9.90 Å². The fourth-order valence-electron chi connectivity index (χ4n) is 2.69. The molecule has 0 spiro atoms. The van der Waals surface area contributed by atoms with E-state index in [1.165, 1.54) is 0 Å². The number of rotatable bonds is 3. The van der Waals surface area contributed by atoms with Crippen molar-refractivity contribution in [2.24, 2.45) is 0 Å². The molecule has 124 valence electrons. The van der Waals surface area contributed by atoms with Crippen molar-refractivity contribution in [1.29, 1.82) is 0 Å². The van der Waals surface area contributed by atoms with Gasteiger partial charge in [-0.2, -0.15) is 0 Å². The van der Waals surface area contributed by atoms with Gasteiger partial charge in [-0.05, 0) is 6.92 Å². The van der Waals surface area contributed by atoms with Gasteiger partial charge in [0.25, 0.3) is 0 Å². The third kappa shape index (κ3) is 3.13. The van der Waals surface area contributed by atoms with Crippen LogP contribution < -0.4 is 0 Å². The van der Waals surface area contributed by atoms with Crippen molar-refractivity contribution in [3.63, 3.8) is 0 Å². The van der Waals surface area contributed by atoms with Crippen LogP contribution in [0.4, 0.5) is 0 Å². The van der Waals surface area contributed by atoms with E-state index in [0.29, 0.717) is 19.6 Å². The number of aryl methyl sites for hydroxylation is 1. The summed E-state index contributed by atoms with van der Waals surface area (Å²) in [6.07, 6.45) is 1.86. The Morgan fingerprint density at radius 1 is 1.43 bits per heavy atom.